The summed E-state index contributed by atoms with van der Waals surface area (Å²) in [5, 5.41) is 0. The number of halogens is 2. The number of Topliss-reactive ketones (excluding diaryl/α,β-unsaturated/α-hetero) is 1. The molecular formula is C11H12BrFO2. The van der Waals surface area contributed by atoms with Crippen molar-refractivity contribution < 1.29 is 13.9 Å². The third-order valence-electron chi connectivity index (χ3n) is 1.88. The van der Waals surface area contributed by atoms with E-state index in [-0.39, 0.29) is 11.3 Å². The van der Waals surface area contributed by atoms with Gasteiger partial charge in [-0.3, -0.25) is 4.79 Å². The van der Waals surface area contributed by atoms with Crippen LogP contribution in [0.25, 0.3) is 0 Å². The Morgan fingerprint density at radius 3 is 2.80 bits per heavy atom. The van der Waals surface area contributed by atoms with E-state index in [2.05, 4.69) is 15.9 Å². The first-order valence-electron chi connectivity index (χ1n) is 4.67. The SMILES string of the molecule is CCOc1ccc(F)c(C(=O)C(C)Br)c1. The number of carbonyl (C=O) groups excluding carboxylic acids is 1. The Morgan fingerprint density at radius 1 is 1.60 bits per heavy atom. The molecule has 0 fully saturated rings. The van der Waals surface area contributed by atoms with Crippen LogP contribution in [0.15, 0.2) is 18.2 Å². The van der Waals surface area contributed by atoms with E-state index in [0.29, 0.717) is 12.4 Å². The second kappa shape index (κ2) is 5.26. The molecule has 0 amide bonds. The summed E-state index contributed by atoms with van der Waals surface area (Å²) in [7, 11) is 0. The van der Waals surface area contributed by atoms with Gasteiger partial charge in [-0.25, -0.2) is 4.39 Å². The van der Waals surface area contributed by atoms with E-state index in [1.165, 1.54) is 18.2 Å². The molecule has 1 rings (SSSR count). The summed E-state index contributed by atoms with van der Waals surface area (Å²) in [4.78, 5) is 11.2. The van der Waals surface area contributed by atoms with Gasteiger partial charge in [0.15, 0.2) is 5.78 Å². The van der Waals surface area contributed by atoms with Crippen LogP contribution in [0.2, 0.25) is 0 Å². The number of carbonyl (C=O) groups is 1. The van der Waals surface area contributed by atoms with Crippen LogP contribution in [0.1, 0.15) is 24.2 Å². The van der Waals surface area contributed by atoms with Gasteiger partial charge >= 0.3 is 0 Å². The highest BCUT2D eigenvalue weighted by molar-refractivity contribution is 9.10. The maximum Gasteiger partial charge on any atom is 0.179 e. The van der Waals surface area contributed by atoms with Gasteiger partial charge in [0, 0.05) is 0 Å². The van der Waals surface area contributed by atoms with E-state index in [4.69, 9.17) is 4.74 Å². The molecule has 2 nitrogen and oxygen atoms in total. The number of benzene rings is 1. The Labute approximate surface area is 96.6 Å². The first kappa shape index (κ1) is 12.2. The molecule has 0 aliphatic heterocycles. The lowest BCUT2D eigenvalue weighted by molar-refractivity contribution is 0.0991. The summed E-state index contributed by atoms with van der Waals surface area (Å²) in [5.74, 6) is -0.292. The van der Waals surface area contributed by atoms with E-state index < -0.39 is 10.6 Å². The van der Waals surface area contributed by atoms with Crippen molar-refractivity contribution in [3.63, 3.8) is 0 Å². The number of hydrogen-bond donors (Lipinski definition) is 0. The van der Waals surface area contributed by atoms with Crippen molar-refractivity contribution in [1.82, 2.24) is 0 Å². The van der Waals surface area contributed by atoms with Crippen LogP contribution < -0.4 is 4.74 Å². The van der Waals surface area contributed by atoms with E-state index in [1.807, 2.05) is 6.92 Å². The predicted octanol–water partition coefficient (Wildman–Crippen LogP) is 3.19. The second-order valence-corrected chi connectivity index (χ2v) is 4.43. The van der Waals surface area contributed by atoms with E-state index in [1.54, 1.807) is 6.92 Å². The normalized spacial score (nSPS) is 12.3. The first-order chi connectivity index (χ1) is 7.06. The van der Waals surface area contributed by atoms with Crippen LogP contribution in [-0.4, -0.2) is 17.2 Å². The van der Waals surface area contributed by atoms with Gasteiger partial charge in [-0.1, -0.05) is 15.9 Å². The molecule has 0 saturated carbocycles. The zero-order valence-corrected chi connectivity index (χ0v) is 10.2. The van der Waals surface area contributed by atoms with Crippen LogP contribution >= 0.6 is 15.9 Å². The molecule has 82 valence electrons. The van der Waals surface area contributed by atoms with Crippen molar-refractivity contribution in [2.24, 2.45) is 0 Å². The zero-order valence-electron chi connectivity index (χ0n) is 8.59. The molecule has 1 unspecified atom stereocenters. The van der Waals surface area contributed by atoms with E-state index >= 15 is 0 Å². The average Bonchev–Trinajstić information content (AvgIpc) is 2.20. The lowest BCUT2D eigenvalue weighted by atomic mass is 10.1. The molecule has 0 aromatic heterocycles. The molecule has 0 heterocycles. The van der Waals surface area contributed by atoms with Gasteiger partial charge in [-0.2, -0.15) is 0 Å². The van der Waals surface area contributed by atoms with Crippen molar-refractivity contribution in [3.8, 4) is 5.75 Å². The smallest absolute Gasteiger partial charge is 0.179 e. The highest BCUT2D eigenvalue weighted by Gasteiger charge is 2.17. The standard InChI is InChI=1S/C11H12BrFO2/c1-3-15-8-4-5-10(13)9(6-8)11(14)7(2)12/h4-7H,3H2,1-2H3. The Morgan fingerprint density at radius 2 is 2.27 bits per heavy atom. The molecule has 15 heavy (non-hydrogen) atoms. The highest BCUT2D eigenvalue weighted by atomic mass is 79.9. The van der Waals surface area contributed by atoms with Gasteiger partial charge < -0.3 is 4.74 Å². The third-order valence-corrected chi connectivity index (χ3v) is 2.29. The minimum Gasteiger partial charge on any atom is -0.494 e. The Bertz CT molecular complexity index is 364. The molecular weight excluding hydrogens is 263 g/mol. The maximum absolute atomic E-state index is 13.3. The fraction of sp³-hybridized carbons (Fsp3) is 0.364. The minimum absolute atomic E-state index is 0.0605. The molecule has 0 saturated heterocycles. The first-order valence-corrected chi connectivity index (χ1v) is 5.58. The van der Waals surface area contributed by atoms with Gasteiger partial charge in [0.05, 0.1) is 17.0 Å². The topological polar surface area (TPSA) is 26.3 Å². The molecule has 1 aromatic rings. The molecule has 0 spiro atoms. The van der Waals surface area contributed by atoms with Crippen molar-refractivity contribution in [2.45, 2.75) is 18.7 Å². The van der Waals surface area contributed by atoms with Gasteiger partial charge in [0.2, 0.25) is 0 Å². The lowest BCUT2D eigenvalue weighted by Crippen LogP contribution is -2.12. The molecule has 4 heteroatoms. The fourth-order valence-corrected chi connectivity index (χ4v) is 1.41. The number of hydrogen-bond acceptors (Lipinski definition) is 2. The van der Waals surface area contributed by atoms with Crippen molar-refractivity contribution in [2.75, 3.05) is 6.61 Å². The number of alkyl halides is 1. The number of rotatable bonds is 4. The predicted molar refractivity (Wildman–Crippen MR) is 60.3 cm³/mol. The third kappa shape index (κ3) is 3.02. The second-order valence-electron chi connectivity index (χ2n) is 3.05. The summed E-state index contributed by atoms with van der Waals surface area (Å²) >= 11 is 3.12. The number of ketones is 1. The van der Waals surface area contributed by atoms with Crippen molar-refractivity contribution >= 4 is 21.7 Å². The van der Waals surface area contributed by atoms with Crippen LogP contribution in [-0.2, 0) is 0 Å². The van der Waals surface area contributed by atoms with E-state index in [9.17, 15) is 9.18 Å². The van der Waals surface area contributed by atoms with Crippen LogP contribution in [0.3, 0.4) is 0 Å². The number of ether oxygens (including phenoxy) is 1. The molecule has 0 radical (unpaired) electrons. The summed E-state index contributed by atoms with van der Waals surface area (Å²) in [6.07, 6.45) is 0. The Kier molecular flexibility index (Phi) is 4.27. The molecule has 1 aromatic carbocycles. The summed E-state index contributed by atoms with van der Waals surface area (Å²) < 4.78 is 18.5. The molecule has 0 aliphatic rings. The zero-order chi connectivity index (χ0) is 11.4. The van der Waals surface area contributed by atoms with Gasteiger partial charge in [-0.05, 0) is 32.0 Å². The lowest BCUT2D eigenvalue weighted by Gasteiger charge is -2.07. The van der Waals surface area contributed by atoms with Gasteiger partial charge in [0.25, 0.3) is 0 Å². The van der Waals surface area contributed by atoms with E-state index in [0.717, 1.165) is 0 Å². The average molecular weight is 275 g/mol. The summed E-state index contributed by atoms with van der Waals surface area (Å²) in [6, 6.07) is 4.18. The van der Waals surface area contributed by atoms with Crippen LogP contribution in [0.4, 0.5) is 4.39 Å². The summed E-state index contributed by atoms with van der Waals surface area (Å²) in [5.41, 5.74) is 0.0605. The molecule has 0 bridgehead atoms. The van der Waals surface area contributed by atoms with Crippen LogP contribution in [0.5, 0.6) is 5.75 Å². The largest absolute Gasteiger partial charge is 0.494 e. The van der Waals surface area contributed by atoms with Gasteiger partial charge in [-0.15, -0.1) is 0 Å². The van der Waals surface area contributed by atoms with Gasteiger partial charge in [0.1, 0.15) is 11.6 Å². The molecule has 0 aliphatic carbocycles. The molecule has 1 atom stereocenters. The summed E-state index contributed by atoms with van der Waals surface area (Å²) in [6.45, 7) is 3.98. The van der Waals surface area contributed by atoms with Crippen molar-refractivity contribution in [3.05, 3.63) is 29.6 Å². The Balaban J connectivity index is 3.05. The quantitative estimate of drug-likeness (QED) is 0.623. The van der Waals surface area contributed by atoms with Crippen molar-refractivity contribution in [1.29, 1.82) is 0 Å². The minimum atomic E-state index is -0.519. The van der Waals surface area contributed by atoms with Crippen LogP contribution in [0, 0.1) is 5.82 Å². The highest BCUT2D eigenvalue weighted by Crippen LogP contribution is 2.20. The monoisotopic (exact) mass is 274 g/mol. The fourth-order valence-electron chi connectivity index (χ4n) is 1.16. The molecule has 0 N–H and O–H groups in total. The Hall–Kier alpha value is -0.900. The maximum atomic E-state index is 13.3.